The number of nitrogens with zero attached hydrogens (tertiary/aromatic N) is 1. The molecule has 0 fully saturated rings. The highest BCUT2D eigenvalue weighted by Crippen LogP contribution is 2.38. The van der Waals surface area contributed by atoms with Crippen LogP contribution in [0.4, 0.5) is 0 Å². The maximum atomic E-state index is 10.5. The van der Waals surface area contributed by atoms with Gasteiger partial charge in [0.2, 0.25) is 0 Å². The highest BCUT2D eigenvalue weighted by Gasteiger charge is 2.22. The molecule has 0 atom stereocenters. The molecule has 3 nitrogen and oxygen atoms in total. The number of pyridine rings is 1. The van der Waals surface area contributed by atoms with Crippen molar-refractivity contribution in [2.24, 2.45) is 0 Å². The number of rotatable bonds is 10. The number of ether oxygens (including phenoxy) is 1. The van der Waals surface area contributed by atoms with Gasteiger partial charge in [-0.05, 0) is 47.1 Å². The summed E-state index contributed by atoms with van der Waals surface area (Å²) in [4.78, 5) is 5.06. The van der Waals surface area contributed by atoms with Gasteiger partial charge in [-0.1, -0.05) is 95.7 Å². The number of benzene rings is 2. The second kappa shape index (κ2) is 11.8. The monoisotopic (exact) mass is 443 g/mol. The number of hydrogen-bond donors (Lipinski definition) is 1. The van der Waals surface area contributed by atoms with Crippen molar-refractivity contribution in [3.05, 3.63) is 88.8 Å². The average molecular weight is 444 g/mol. The van der Waals surface area contributed by atoms with Crippen molar-refractivity contribution in [3.63, 3.8) is 0 Å². The van der Waals surface area contributed by atoms with E-state index in [2.05, 4.69) is 71.0 Å². The molecular formula is C30H37NO2. The third-order valence-corrected chi connectivity index (χ3v) is 5.76. The van der Waals surface area contributed by atoms with Crippen molar-refractivity contribution >= 4 is 6.08 Å². The third kappa shape index (κ3) is 6.11. The molecule has 0 unspecified atom stereocenters. The van der Waals surface area contributed by atoms with Crippen LogP contribution in [0.3, 0.4) is 0 Å². The van der Waals surface area contributed by atoms with Crippen molar-refractivity contribution in [2.75, 3.05) is 0 Å². The van der Waals surface area contributed by atoms with E-state index in [1.54, 1.807) is 0 Å². The highest BCUT2D eigenvalue weighted by molar-refractivity contribution is 5.81. The second-order valence-electron chi connectivity index (χ2n) is 9.11. The van der Waals surface area contributed by atoms with Crippen LogP contribution in [-0.2, 0) is 13.2 Å². The van der Waals surface area contributed by atoms with E-state index in [-0.39, 0.29) is 18.4 Å². The van der Waals surface area contributed by atoms with Crippen LogP contribution in [0.2, 0.25) is 0 Å². The summed E-state index contributed by atoms with van der Waals surface area (Å²) < 4.78 is 6.13. The lowest BCUT2D eigenvalue weighted by molar-refractivity contribution is 0.280. The van der Waals surface area contributed by atoms with Crippen molar-refractivity contribution in [1.29, 1.82) is 0 Å². The zero-order chi connectivity index (χ0) is 23.8. The quantitative estimate of drug-likeness (QED) is 0.346. The van der Waals surface area contributed by atoms with Crippen molar-refractivity contribution in [1.82, 2.24) is 4.98 Å². The minimum absolute atomic E-state index is 0.0437. The lowest BCUT2D eigenvalue weighted by Gasteiger charge is -2.23. The molecule has 0 saturated carbocycles. The molecule has 0 amide bonds. The van der Waals surface area contributed by atoms with E-state index in [4.69, 9.17) is 9.72 Å². The van der Waals surface area contributed by atoms with Gasteiger partial charge in [0, 0.05) is 16.8 Å². The minimum atomic E-state index is -0.0437. The molecule has 3 aromatic rings. The fourth-order valence-corrected chi connectivity index (χ4v) is 4.10. The molecule has 0 bridgehead atoms. The molecule has 0 aliphatic carbocycles. The number of unbranched alkanes of at least 4 members (excludes halogenated alkanes) is 1. The van der Waals surface area contributed by atoms with Gasteiger partial charge < -0.3 is 9.84 Å². The van der Waals surface area contributed by atoms with Crippen LogP contribution in [0.25, 0.3) is 17.2 Å². The van der Waals surface area contributed by atoms with E-state index in [0.717, 1.165) is 57.8 Å². The number of aromatic nitrogens is 1. The van der Waals surface area contributed by atoms with Crippen molar-refractivity contribution in [2.45, 2.75) is 72.5 Å². The topological polar surface area (TPSA) is 42.4 Å². The molecule has 0 spiro atoms. The van der Waals surface area contributed by atoms with Gasteiger partial charge in [-0.2, -0.15) is 0 Å². The number of hydrogen-bond acceptors (Lipinski definition) is 3. The summed E-state index contributed by atoms with van der Waals surface area (Å²) in [6.45, 7) is 11.3. The van der Waals surface area contributed by atoms with Gasteiger partial charge in [-0.15, -0.1) is 0 Å². The molecule has 1 N–H and O–H groups in total. The summed E-state index contributed by atoms with van der Waals surface area (Å²) in [6.07, 6.45) is 6.52. The summed E-state index contributed by atoms with van der Waals surface area (Å²) >= 11 is 0. The molecule has 33 heavy (non-hydrogen) atoms. The Morgan fingerprint density at radius 2 is 1.67 bits per heavy atom. The van der Waals surface area contributed by atoms with Gasteiger partial charge in [0.05, 0.1) is 12.3 Å². The first-order valence-corrected chi connectivity index (χ1v) is 12.1. The Morgan fingerprint density at radius 1 is 0.939 bits per heavy atom. The fourth-order valence-electron chi connectivity index (χ4n) is 4.10. The van der Waals surface area contributed by atoms with Crippen LogP contribution < -0.4 is 4.74 Å². The summed E-state index contributed by atoms with van der Waals surface area (Å²) in [7, 11) is 0. The van der Waals surface area contributed by atoms with Gasteiger partial charge in [0.15, 0.2) is 0 Å². The lowest BCUT2D eigenvalue weighted by atomic mass is 9.87. The Bertz CT molecular complexity index is 1070. The Labute approximate surface area is 199 Å². The Morgan fingerprint density at radius 3 is 2.30 bits per heavy atom. The molecule has 0 radical (unpaired) electrons. The lowest BCUT2D eigenvalue weighted by Crippen LogP contribution is -2.10. The molecule has 0 saturated heterocycles. The van der Waals surface area contributed by atoms with Crippen LogP contribution >= 0.6 is 0 Å². The normalized spacial score (nSPS) is 11.6. The fraction of sp³-hybridized carbons (Fsp3) is 0.367. The molecule has 1 aromatic heterocycles. The zero-order valence-electron chi connectivity index (χ0n) is 20.6. The molecule has 0 aliphatic heterocycles. The van der Waals surface area contributed by atoms with Gasteiger partial charge in [0.1, 0.15) is 12.4 Å². The molecule has 3 rings (SSSR count). The third-order valence-electron chi connectivity index (χ3n) is 5.76. The highest BCUT2D eigenvalue weighted by atomic mass is 16.5. The van der Waals surface area contributed by atoms with Crippen LogP contribution in [0.1, 0.15) is 87.4 Å². The van der Waals surface area contributed by atoms with E-state index in [1.165, 1.54) is 0 Å². The molecule has 174 valence electrons. The SMILES string of the molecule is CCCC=Cc1c(C(C)C)nc(C(C)C)c(CO)c1-c1cccc(OCc2ccccc2)c1. The molecule has 1 heterocycles. The van der Waals surface area contributed by atoms with E-state index in [0.29, 0.717) is 6.61 Å². The maximum Gasteiger partial charge on any atom is 0.120 e. The van der Waals surface area contributed by atoms with E-state index in [1.807, 2.05) is 30.3 Å². The summed E-state index contributed by atoms with van der Waals surface area (Å²) in [5, 5.41) is 10.5. The van der Waals surface area contributed by atoms with Gasteiger partial charge in [-0.3, -0.25) is 4.98 Å². The predicted octanol–water partition coefficient (Wildman–Crippen LogP) is 7.88. The Hall–Kier alpha value is -2.91. The first kappa shape index (κ1) is 24.7. The largest absolute Gasteiger partial charge is 0.489 e. The van der Waals surface area contributed by atoms with Crippen LogP contribution in [-0.4, -0.2) is 10.1 Å². The summed E-state index contributed by atoms with van der Waals surface area (Å²) in [5.74, 6) is 1.31. The van der Waals surface area contributed by atoms with Crippen molar-refractivity contribution < 1.29 is 9.84 Å². The summed E-state index contributed by atoms with van der Waals surface area (Å²) in [6, 6.07) is 18.4. The predicted molar refractivity (Wildman–Crippen MR) is 138 cm³/mol. The van der Waals surface area contributed by atoms with Gasteiger partial charge in [-0.25, -0.2) is 0 Å². The van der Waals surface area contributed by atoms with E-state index in [9.17, 15) is 5.11 Å². The Kier molecular flexibility index (Phi) is 8.85. The maximum absolute atomic E-state index is 10.5. The van der Waals surface area contributed by atoms with Crippen LogP contribution in [0, 0.1) is 0 Å². The second-order valence-corrected chi connectivity index (χ2v) is 9.11. The first-order valence-electron chi connectivity index (χ1n) is 12.1. The standard InChI is InChI=1S/C30H37NO2/c1-6-7-9-17-26-28(27(19-32)30(22(4)5)31-29(26)21(2)3)24-15-12-16-25(18-24)33-20-23-13-10-8-11-14-23/h8-18,21-22,32H,6-7,19-20H2,1-5H3. The zero-order valence-corrected chi connectivity index (χ0v) is 20.6. The van der Waals surface area contributed by atoms with Gasteiger partial charge >= 0.3 is 0 Å². The van der Waals surface area contributed by atoms with E-state index < -0.39 is 0 Å². The summed E-state index contributed by atoms with van der Waals surface area (Å²) in [5.41, 5.74) is 7.31. The molecule has 0 aliphatic rings. The average Bonchev–Trinajstić information content (AvgIpc) is 2.82. The smallest absolute Gasteiger partial charge is 0.120 e. The Balaban J connectivity index is 2.15. The molecule has 3 heteroatoms. The van der Waals surface area contributed by atoms with Gasteiger partial charge in [0.25, 0.3) is 0 Å². The number of aliphatic hydroxyl groups excluding tert-OH is 1. The molecule has 2 aromatic carbocycles. The molecular weight excluding hydrogens is 406 g/mol. The number of allylic oxidation sites excluding steroid dienone is 1. The van der Waals surface area contributed by atoms with Crippen LogP contribution in [0.15, 0.2) is 60.7 Å². The minimum Gasteiger partial charge on any atom is -0.489 e. The van der Waals surface area contributed by atoms with Crippen molar-refractivity contribution in [3.8, 4) is 16.9 Å². The van der Waals surface area contributed by atoms with E-state index >= 15 is 0 Å². The van der Waals surface area contributed by atoms with Crippen LogP contribution in [0.5, 0.6) is 5.75 Å². The first-order chi connectivity index (χ1) is 16.0. The number of aliphatic hydroxyl groups is 1.